The number of aliphatic hydroxyl groups excluding tert-OH is 1. The summed E-state index contributed by atoms with van der Waals surface area (Å²) in [5.41, 5.74) is 0.673. The molecule has 7 atom stereocenters. The van der Waals surface area contributed by atoms with Crippen LogP contribution in [0.5, 0.6) is 5.75 Å². The summed E-state index contributed by atoms with van der Waals surface area (Å²) in [6.07, 6.45) is 2.03. The molecule has 4 amide bonds. The standard InChI is InChI=1S/C29H37N5O7/c1-16-25(36)20(14-18-8-7-12-30-15-18)31-27(38)23(32-26(37)19-9-5-6-10-21(19)35)17(2)33(3)29(40)24(22-11-13-41-22)34(4)28(16)39/h5-10,12,15-17,20,22-25,35-36H,11,13-14H2,1-4H3,(H,31,38)(H,32,37)/t16-,17-,20+,22?,23+,24?,25+/m1/s1. The predicted octanol–water partition coefficient (Wildman–Crippen LogP) is 0.0865. The van der Waals surface area contributed by atoms with Crippen molar-refractivity contribution in [1.82, 2.24) is 25.4 Å². The van der Waals surface area contributed by atoms with Gasteiger partial charge in [0.25, 0.3) is 5.91 Å². The van der Waals surface area contributed by atoms with Crippen LogP contribution in [0.1, 0.15) is 36.2 Å². The summed E-state index contributed by atoms with van der Waals surface area (Å²) in [5.74, 6) is -3.58. The first-order valence-electron chi connectivity index (χ1n) is 13.6. The lowest BCUT2D eigenvalue weighted by atomic mass is 9.90. The SMILES string of the molecule is C[C@@H]1[C@H](NC(=O)c2ccccc2O)C(=O)N[C@@H](Cc2cccnc2)[C@@H](O)[C@@H](C)C(=O)N(C)C(C2CCO2)C(=O)N1C. The van der Waals surface area contributed by atoms with E-state index in [4.69, 9.17) is 4.74 Å². The van der Waals surface area contributed by atoms with E-state index in [1.165, 1.54) is 36.0 Å². The molecule has 2 unspecified atom stereocenters. The Labute approximate surface area is 238 Å². The highest BCUT2D eigenvalue weighted by molar-refractivity contribution is 6.00. The smallest absolute Gasteiger partial charge is 0.255 e. The number of benzene rings is 1. The molecule has 2 saturated heterocycles. The van der Waals surface area contributed by atoms with Crippen LogP contribution in [0.15, 0.2) is 48.8 Å². The van der Waals surface area contributed by atoms with Crippen LogP contribution < -0.4 is 10.6 Å². The number of para-hydroxylation sites is 1. The van der Waals surface area contributed by atoms with Gasteiger partial charge < -0.3 is 35.4 Å². The Balaban J connectivity index is 1.74. The normalized spacial score (nSPS) is 29.6. The third kappa shape index (κ3) is 6.33. The zero-order valence-corrected chi connectivity index (χ0v) is 23.6. The van der Waals surface area contributed by atoms with Crippen LogP contribution >= 0.6 is 0 Å². The van der Waals surface area contributed by atoms with Crippen LogP contribution in [0.2, 0.25) is 0 Å². The van der Waals surface area contributed by atoms with Gasteiger partial charge in [-0.25, -0.2) is 0 Å². The maximum Gasteiger partial charge on any atom is 0.255 e. The number of hydrogen-bond donors (Lipinski definition) is 4. The minimum Gasteiger partial charge on any atom is -0.507 e. The summed E-state index contributed by atoms with van der Waals surface area (Å²) < 4.78 is 5.63. The van der Waals surface area contributed by atoms with Gasteiger partial charge in [-0.2, -0.15) is 0 Å². The molecular weight excluding hydrogens is 530 g/mol. The summed E-state index contributed by atoms with van der Waals surface area (Å²) in [6, 6.07) is 5.32. The summed E-state index contributed by atoms with van der Waals surface area (Å²) >= 11 is 0. The molecule has 0 saturated carbocycles. The lowest BCUT2D eigenvalue weighted by molar-refractivity contribution is -0.165. The zero-order chi connectivity index (χ0) is 29.8. The number of nitrogens with one attached hydrogen (secondary N) is 2. The number of likely N-dealkylation sites (N-methyl/N-ethyl adjacent to an activating group) is 2. The maximum absolute atomic E-state index is 13.9. The number of phenolic OH excluding ortho intramolecular Hbond substituents is 1. The second-order valence-electron chi connectivity index (χ2n) is 10.7. The van der Waals surface area contributed by atoms with E-state index < -0.39 is 65.9 Å². The number of ether oxygens (including phenoxy) is 1. The molecule has 220 valence electrons. The molecule has 0 radical (unpaired) electrons. The summed E-state index contributed by atoms with van der Waals surface area (Å²) in [6.45, 7) is 3.60. The number of phenols is 1. The van der Waals surface area contributed by atoms with Crippen molar-refractivity contribution in [3.05, 3.63) is 59.9 Å². The number of aromatic hydroxyl groups is 1. The molecule has 4 rings (SSSR count). The lowest BCUT2D eigenvalue weighted by Crippen LogP contribution is -2.66. The fourth-order valence-electron chi connectivity index (χ4n) is 5.26. The van der Waals surface area contributed by atoms with E-state index in [-0.39, 0.29) is 17.7 Å². The molecule has 41 heavy (non-hydrogen) atoms. The van der Waals surface area contributed by atoms with E-state index in [9.17, 15) is 29.4 Å². The van der Waals surface area contributed by atoms with Gasteiger partial charge in [-0.15, -0.1) is 0 Å². The van der Waals surface area contributed by atoms with Crippen LogP contribution in [0.25, 0.3) is 0 Å². The van der Waals surface area contributed by atoms with Crippen molar-refractivity contribution in [2.45, 2.75) is 63.1 Å². The van der Waals surface area contributed by atoms with Crippen molar-refractivity contribution >= 4 is 23.6 Å². The minimum atomic E-state index is -1.34. The quantitative estimate of drug-likeness (QED) is 0.395. The van der Waals surface area contributed by atoms with Crippen molar-refractivity contribution < 1.29 is 34.1 Å². The van der Waals surface area contributed by atoms with E-state index in [0.29, 0.717) is 18.6 Å². The van der Waals surface area contributed by atoms with Crippen LogP contribution in [-0.4, -0.2) is 106 Å². The number of pyridine rings is 1. The van der Waals surface area contributed by atoms with E-state index in [1.54, 1.807) is 50.5 Å². The Kier molecular flexibility index (Phi) is 9.24. The van der Waals surface area contributed by atoms with Gasteiger partial charge in [-0.3, -0.25) is 24.2 Å². The molecular formula is C29H37N5O7. The van der Waals surface area contributed by atoms with Crippen molar-refractivity contribution in [2.24, 2.45) is 5.92 Å². The van der Waals surface area contributed by atoms with E-state index in [1.807, 2.05) is 0 Å². The number of aromatic nitrogens is 1. The molecule has 1 aromatic carbocycles. The van der Waals surface area contributed by atoms with Gasteiger partial charge in [0.2, 0.25) is 17.7 Å². The second kappa shape index (κ2) is 12.6. The zero-order valence-electron chi connectivity index (χ0n) is 23.6. The Hall–Kier alpha value is -4.03. The molecule has 1 aromatic heterocycles. The summed E-state index contributed by atoms with van der Waals surface area (Å²) in [5, 5.41) is 27.1. The molecule has 12 nitrogen and oxygen atoms in total. The molecule has 4 N–H and O–H groups in total. The Bertz CT molecular complexity index is 1270. The number of aliphatic hydroxyl groups is 1. The highest BCUT2D eigenvalue weighted by atomic mass is 16.5. The van der Waals surface area contributed by atoms with Gasteiger partial charge in [0.1, 0.15) is 17.8 Å². The van der Waals surface area contributed by atoms with Crippen LogP contribution in [-0.2, 0) is 25.5 Å². The molecule has 0 spiro atoms. The first kappa shape index (κ1) is 29.9. The molecule has 2 aliphatic rings. The Morgan fingerprint density at radius 2 is 1.80 bits per heavy atom. The third-order valence-electron chi connectivity index (χ3n) is 8.08. The highest BCUT2D eigenvalue weighted by Gasteiger charge is 2.46. The maximum atomic E-state index is 13.9. The first-order chi connectivity index (χ1) is 19.5. The van der Waals surface area contributed by atoms with Crippen LogP contribution in [0.3, 0.4) is 0 Å². The molecule has 3 heterocycles. The molecule has 0 aliphatic carbocycles. The predicted molar refractivity (Wildman–Crippen MR) is 148 cm³/mol. The Morgan fingerprint density at radius 1 is 1.10 bits per heavy atom. The molecule has 0 bridgehead atoms. The summed E-state index contributed by atoms with van der Waals surface area (Å²) in [4.78, 5) is 61.2. The monoisotopic (exact) mass is 567 g/mol. The van der Waals surface area contributed by atoms with Gasteiger partial charge in [-0.1, -0.05) is 25.1 Å². The average molecular weight is 568 g/mol. The molecule has 2 fully saturated rings. The third-order valence-corrected chi connectivity index (χ3v) is 8.08. The van der Waals surface area contributed by atoms with Crippen molar-refractivity contribution in [3.63, 3.8) is 0 Å². The number of hydrogen-bond acceptors (Lipinski definition) is 8. The Morgan fingerprint density at radius 3 is 2.41 bits per heavy atom. The molecule has 2 aliphatic heterocycles. The fourth-order valence-corrected chi connectivity index (χ4v) is 5.26. The summed E-state index contributed by atoms with van der Waals surface area (Å²) in [7, 11) is 3.01. The van der Waals surface area contributed by atoms with Gasteiger partial charge in [0.15, 0.2) is 0 Å². The average Bonchev–Trinajstić information content (AvgIpc) is 2.94. The van der Waals surface area contributed by atoms with Crippen molar-refractivity contribution in [3.8, 4) is 5.75 Å². The van der Waals surface area contributed by atoms with Crippen molar-refractivity contribution in [1.29, 1.82) is 0 Å². The van der Waals surface area contributed by atoms with Crippen LogP contribution in [0, 0.1) is 5.92 Å². The largest absolute Gasteiger partial charge is 0.507 e. The lowest BCUT2D eigenvalue weighted by Gasteiger charge is -2.44. The number of carbonyl (C=O) groups is 4. The van der Waals surface area contributed by atoms with Gasteiger partial charge >= 0.3 is 0 Å². The number of amides is 4. The molecule has 12 heteroatoms. The van der Waals surface area contributed by atoms with Crippen LogP contribution in [0.4, 0.5) is 0 Å². The van der Waals surface area contributed by atoms with Crippen molar-refractivity contribution in [2.75, 3.05) is 20.7 Å². The number of carbonyl (C=O) groups excluding carboxylic acids is 4. The second-order valence-corrected chi connectivity index (χ2v) is 10.7. The van der Waals surface area contributed by atoms with E-state index in [2.05, 4.69) is 15.6 Å². The fraction of sp³-hybridized carbons (Fsp3) is 0.483. The van der Waals surface area contributed by atoms with Gasteiger partial charge in [0.05, 0.1) is 35.8 Å². The molecule has 2 aromatic rings. The highest BCUT2D eigenvalue weighted by Crippen LogP contribution is 2.25. The topological polar surface area (TPSA) is 161 Å². The van der Waals surface area contributed by atoms with Gasteiger partial charge in [0, 0.05) is 33.1 Å². The first-order valence-corrected chi connectivity index (χ1v) is 13.6. The number of nitrogens with zero attached hydrogens (tertiary/aromatic N) is 3. The number of rotatable bonds is 5. The van der Waals surface area contributed by atoms with E-state index >= 15 is 0 Å². The van der Waals surface area contributed by atoms with Gasteiger partial charge in [-0.05, 0) is 43.5 Å². The van der Waals surface area contributed by atoms with E-state index in [0.717, 1.165) is 0 Å². The minimum absolute atomic E-state index is 0.0424.